The van der Waals surface area contributed by atoms with Crippen LogP contribution < -0.4 is 5.73 Å². The first kappa shape index (κ1) is 14.7. The molecule has 0 aliphatic carbocycles. The van der Waals surface area contributed by atoms with Gasteiger partial charge in [0.25, 0.3) is 0 Å². The molecular weight excluding hydrogens is 280 g/mol. The number of rotatable bonds is 3. The Morgan fingerprint density at radius 2 is 1.50 bits per heavy atom. The molecule has 0 heterocycles. The van der Waals surface area contributed by atoms with E-state index in [1.54, 1.807) is 0 Å². The summed E-state index contributed by atoms with van der Waals surface area (Å²) in [7, 11) is -1.79. The number of hydrogen-bond acceptors (Lipinski definition) is 2. The first-order valence-electron chi connectivity index (χ1n) is 6.07. The lowest BCUT2D eigenvalue weighted by Crippen LogP contribution is -2.04. The van der Waals surface area contributed by atoms with Crippen LogP contribution in [0.5, 0.6) is 0 Å². The number of halogens is 2. The van der Waals surface area contributed by atoms with Gasteiger partial charge in [-0.25, -0.2) is 8.78 Å². The molecule has 1 unspecified atom stereocenters. The second-order valence-corrected chi connectivity index (χ2v) is 6.19. The molecule has 2 nitrogen and oxygen atoms in total. The zero-order chi connectivity index (χ0) is 14.9. The molecule has 5 heteroatoms. The van der Waals surface area contributed by atoms with E-state index >= 15 is 0 Å². The lowest BCUT2D eigenvalue weighted by atomic mass is 10.1. The smallest absolute Gasteiger partial charge is 0.144 e. The van der Waals surface area contributed by atoms with E-state index in [9.17, 15) is 13.0 Å². The molecule has 2 aromatic carbocycles. The van der Waals surface area contributed by atoms with Crippen molar-refractivity contribution in [2.45, 2.75) is 24.5 Å². The Hall–Kier alpha value is -1.75. The van der Waals surface area contributed by atoms with Crippen molar-refractivity contribution in [1.82, 2.24) is 0 Å². The minimum absolute atomic E-state index is 0.0212. The standard InChI is InChI=1S/C15H15F2NOS/c1-9-3-10(2)5-11(4-9)8-20(19)15-13(16)6-12(18)7-14(15)17/h3-7H,8,18H2,1-2H3. The summed E-state index contributed by atoms with van der Waals surface area (Å²) in [5.41, 5.74) is 8.16. The second kappa shape index (κ2) is 5.71. The van der Waals surface area contributed by atoms with Gasteiger partial charge in [-0.2, -0.15) is 0 Å². The fourth-order valence-electron chi connectivity index (χ4n) is 2.17. The van der Waals surface area contributed by atoms with Gasteiger partial charge < -0.3 is 5.73 Å². The van der Waals surface area contributed by atoms with Gasteiger partial charge in [0.1, 0.15) is 16.5 Å². The van der Waals surface area contributed by atoms with E-state index in [1.165, 1.54) is 0 Å². The fourth-order valence-corrected chi connectivity index (χ4v) is 3.34. The SMILES string of the molecule is Cc1cc(C)cc(CS(=O)c2c(F)cc(N)cc2F)c1. The Kier molecular flexibility index (Phi) is 4.18. The minimum Gasteiger partial charge on any atom is -0.399 e. The minimum atomic E-state index is -1.79. The van der Waals surface area contributed by atoms with E-state index in [-0.39, 0.29) is 11.4 Å². The van der Waals surface area contributed by atoms with Crippen LogP contribution in [0.25, 0.3) is 0 Å². The second-order valence-electron chi connectivity index (χ2n) is 4.80. The summed E-state index contributed by atoms with van der Waals surface area (Å²) in [6.07, 6.45) is 0. The van der Waals surface area contributed by atoms with E-state index in [2.05, 4.69) is 0 Å². The molecule has 106 valence electrons. The largest absolute Gasteiger partial charge is 0.399 e. The summed E-state index contributed by atoms with van der Waals surface area (Å²) in [6.45, 7) is 3.84. The first-order valence-corrected chi connectivity index (χ1v) is 7.39. The number of aryl methyl sites for hydroxylation is 2. The maximum atomic E-state index is 13.7. The molecule has 2 rings (SSSR count). The Labute approximate surface area is 119 Å². The van der Waals surface area contributed by atoms with E-state index in [1.807, 2.05) is 32.0 Å². The molecule has 0 fully saturated rings. The maximum absolute atomic E-state index is 13.7. The Morgan fingerprint density at radius 1 is 1.00 bits per heavy atom. The molecular formula is C15H15F2NOS. The van der Waals surface area contributed by atoms with Crippen molar-refractivity contribution < 1.29 is 13.0 Å². The van der Waals surface area contributed by atoms with Gasteiger partial charge in [0, 0.05) is 5.69 Å². The molecule has 0 saturated carbocycles. The number of benzene rings is 2. The molecule has 0 aromatic heterocycles. The van der Waals surface area contributed by atoms with Gasteiger partial charge in [-0.1, -0.05) is 29.3 Å². The van der Waals surface area contributed by atoms with Crippen molar-refractivity contribution in [3.8, 4) is 0 Å². The number of nitrogen functional groups attached to an aromatic ring is 1. The molecule has 0 aliphatic heterocycles. The van der Waals surface area contributed by atoms with Crippen LogP contribution in [0.1, 0.15) is 16.7 Å². The van der Waals surface area contributed by atoms with Crippen LogP contribution in [0.4, 0.5) is 14.5 Å². The van der Waals surface area contributed by atoms with Crippen LogP contribution in [-0.2, 0) is 16.6 Å². The highest BCUT2D eigenvalue weighted by Gasteiger charge is 2.17. The van der Waals surface area contributed by atoms with Gasteiger partial charge in [-0.3, -0.25) is 4.21 Å². The average Bonchev–Trinajstić information content (AvgIpc) is 2.25. The van der Waals surface area contributed by atoms with Crippen LogP contribution >= 0.6 is 0 Å². The number of hydrogen-bond donors (Lipinski definition) is 1. The summed E-state index contributed by atoms with van der Waals surface area (Å²) < 4.78 is 39.6. The third-order valence-electron chi connectivity index (χ3n) is 2.83. The van der Waals surface area contributed by atoms with Gasteiger partial charge in [0.15, 0.2) is 0 Å². The van der Waals surface area contributed by atoms with Crippen molar-refractivity contribution in [1.29, 1.82) is 0 Å². The van der Waals surface area contributed by atoms with Crippen molar-refractivity contribution in [2.75, 3.05) is 5.73 Å². The van der Waals surface area contributed by atoms with Crippen molar-refractivity contribution in [3.63, 3.8) is 0 Å². The molecule has 0 spiro atoms. The van der Waals surface area contributed by atoms with Crippen LogP contribution in [0.2, 0.25) is 0 Å². The summed E-state index contributed by atoms with van der Waals surface area (Å²) in [4.78, 5) is -0.418. The molecule has 0 bridgehead atoms. The predicted octanol–water partition coefficient (Wildman–Crippen LogP) is 3.47. The number of nitrogens with two attached hydrogens (primary N) is 1. The average molecular weight is 295 g/mol. The lowest BCUT2D eigenvalue weighted by Gasteiger charge is -2.08. The Bertz CT molecular complexity index is 642. The zero-order valence-corrected chi connectivity index (χ0v) is 12.1. The van der Waals surface area contributed by atoms with E-state index in [4.69, 9.17) is 5.73 Å². The van der Waals surface area contributed by atoms with Gasteiger partial charge in [0.05, 0.1) is 16.6 Å². The van der Waals surface area contributed by atoms with Crippen molar-refractivity contribution >= 4 is 16.5 Å². The summed E-state index contributed by atoms with van der Waals surface area (Å²) >= 11 is 0. The molecule has 0 amide bonds. The highest BCUT2D eigenvalue weighted by atomic mass is 32.2. The highest BCUT2D eigenvalue weighted by Crippen LogP contribution is 2.23. The van der Waals surface area contributed by atoms with Crippen LogP contribution in [0.3, 0.4) is 0 Å². The summed E-state index contributed by atoms with van der Waals surface area (Å²) in [5, 5.41) is 0. The fraction of sp³-hybridized carbons (Fsp3) is 0.200. The Morgan fingerprint density at radius 3 is 2.00 bits per heavy atom. The van der Waals surface area contributed by atoms with Gasteiger partial charge in [-0.05, 0) is 31.5 Å². The normalized spacial score (nSPS) is 12.4. The van der Waals surface area contributed by atoms with Crippen LogP contribution in [-0.4, -0.2) is 4.21 Å². The third-order valence-corrected chi connectivity index (χ3v) is 4.27. The molecule has 0 radical (unpaired) electrons. The first-order chi connectivity index (χ1) is 9.36. The third kappa shape index (κ3) is 3.22. The summed E-state index contributed by atoms with van der Waals surface area (Å²) in [6, 6.07) is 7.67. The van der Waals surface area contributed by atoms with Crippen molar-refractivity contribution in [2.24, 2.45) is 0 Å². The van der Waals surface area contributed by atoms with E-state index < -0.39 is 27.3 Å². The van der Waals surface area contributed by atoms with Crippen LogP contribution in [0.15, 0.2) is 35.2 Å². The molecule has 2 aromatic rings. The van der Waals surface area contributed by atoms with Crippen LogP contribution in [0, 0.1) is 25.5 Å². The quantitative estimate of drug-likeness (QED) is 0.881. The summed E-state index contributed by atoms with van der Waals surface area (Å²) in [5.74, 6) is -1.67. The maximum Gasteiger partial charge on any atom is 0.144 e. The van der Waals surface area contributed by atoms with Gasteiger partial charge in [0.2, 0.25) is 0 Å². The molecule has 2 N–H and O–H groups in total. The molecule has 0 saturated heterocycles. The number of anilines is 1. The molecule has 0 aliphatic rings. The molecule has 1 atom stereocenters. The topological polar surface area (TPSA) is 43.1 Å². The van der Waals surface area contributed by atoms with E-state index in [0.717, 1.165) is 28.8 Å². The monoisotopic (exact) mass is 295 g/mol. The predicted molar refractivity (Wildman–Crippen MR) is 76.8 cm³/mol. The van der Waals surface area contributed by atoms with Gasteiger partial charge in [-0.15, -0.1) is 0 Å². The zero-order valence-electron chi connectivity index (χ0n) is 11.2. The van der Waals surface area contributed by atoms with Gasteiger partial charge >= 0.3 is 0 Å². The molecule has 20 heavy (non-hydrogen) atoms. The Balaban J connectivity index is 2.33. The van der Waals surface area contributed by atoms with E-state index in [0.29, 0.717) is 0 Å². The highest BCUT2D eigenvalue weighted by molar-refractivity contribution is 7.84. The van der Waals surface area contributed by atoms with Crippen molar-refractivity contribution in [3.05, 3.63) is 58.7 Å². The lowest BCUT2D eigenvalue weighted by molar-refractivity contribution is 0.535.